The van der Waals surface area contributed by atoms with Gasteiger partial charge in [0.1, 0.15) is 11.3 Å². The van der Waals surface area contributed by atoms with Crippen LogP contribution in [0.5, 0.6) is 5.75 Å². The molecule has 0 atom stereocenters. The molecule has 1 saturated heterocycles. The number of aromatic nitrogens is 1. The van der Waals surface area contributed by atoms with Crippen LogP contribution in [0.1, 0.15) is 15.9 Å². The van der Waals surface area contributed by atoms with Gasteiger partial charge < -0.3 is 14.5 Å². The summed E-state index contributed by atoms with van der Waals surface area (Å²) in [7, 11) is 1.61. The third-order valence-electron chi connectivity index (χ3n) is 4.89. The van der Waals surface area contributed by atoms with Gasteiger partial charge in [-0.15, -0.1) is 0 Å². The highest BCUT2D eigenvalue weighted by Gasteiger charge is 2.31. The van der Waals surface area contributed by atoms with Crippen molar-refractivity contribution in [3.63, 3.8) is 0 Å². The van der Waals surface area contributed by atoms with E-state index in [0.717, 1.165) is 33.2 Å². The maximum Gasteiger partial charge on any atom is 0.416 e. The lowest BCUT2D eigenvalue weighted by molar-refractivity contribution is -0.137. The molecule has 9 heteroatoms. The van der Waals surface area contributed by atoms with Gasteiger partial charge in [-0.25, -0.2) is 4.98 Å². The van der Waals surface area contributed by atoms with Crippen LogP contribution in [-0.2, 0) is 6.18 Å². The Morgan fingerprint density at radius 3 is 2.38 bits per heavy atom. The Hall–Kier alpha value is -2.81. The van der Waals surface area contributed by atoms with Crippen molar-refractivity contribution in [2.24, 2.45) is 0 Å². The molecule has 1 amide bonds. The van der Waals surface area contributed by atoms with E-state index >= 15 is 0 Å². The molecular formula is C20H18F3N3O2S. The SMILES string of the molecule is COc1cccc2sc(N3CCN(C(=O)c4ccc(C(F)(F)F)cc4)CC3)nc12. The van der Waals surface area contributed by atoms with Gasteiger partial charge in [-0.05, 0) is 36.4 Å². The number of amides is 1. The molecule has 0 unspecified atom stereocenters. The number of thiazole rings is 1. The number of benzene rings is 2. The summed E-state index contributed by atoms with van der Waals surface area (Å²) >= 11 is 1.57. The Morgan fingerprint density at radius 2 is 1.76 bits per heavy atom. The third-order valence-corrected chi connectivity index (χ3v) is 5.97. The maximum atomic E-state index is 12.7. The number of carbonyl (C=O) groups excluding carboxylic acids is 1. The molecule has 1 fully saturated rings. The first-order valence-corrected chi connectivity index (χ1v) is 9.83. The van der Waals surface area contributed by atoms with E-state index in [2.05, 4.69) is 9.88 Å². The second-order valence-corrected chi connectivity index (χ2v) is 7.67. The summed E-state index contributed by atoms with van der Waals surface area (Å²) in [5, 5.41) is 0.867. The fourth-order valence-electron chi connectivity index (χ4n) is 3.30. The third kappa shape index (κ3) is 3.87. The minimum atomic E-state index is -4.41. The number of anilines is 1. The van der Waals surface area contributed by atoms with E-state index in [-0.39, 0.29) is 11.5 Å². The molecular weight excluding hydrogens is 403 g/mol. The second kappa shape index (κ2) is 7.55. The summed E-state index contributed by atoms with van der Waals surface area (Å²) in [6.07, 6.45) is -4.41. The monoisotopic (exact) mass is 421 g/mol. The van der Waals surface area contributed by atoms with E-state index in [9.17, 15) is 18.0 Å². The molecule has 0 N–H and O–H groups in total. The van der Waals surface area contributed by atoms with Crippen molar-refractivity contribution in [2.75, 3.05) is 38.2 Å². The van der Waals surface area contributed by atoms with Gasteiger partial charge in [0, 0.05) is 31.7 Å². The molecule has 2 heterocycles. The molecule has 1 aliphatic rings. The first-order valence-electron chi connectivity index (χ1n) is 9.02. The fourth-order valence-corrected chi connectivity index (χ4v) is 4.33. The lowest BCUT2D eigenvalue weighted by atomic mass is 10.1. The zero-order chi connectivity index (χ0) is 20.6. The van der Waals surface area contributed by atoms with Gasteiger partial charge in [0.2, 0.25) is 0 Å². The minimum absolute atomic E-state index is 0.260. The molecule has 0 saturated carbocycles. The number of methoxy groups -OCH3 is 1. The van der Waals surface area contributed by atoms with Crippen molar-refractivity contribution < 1.29 is 22.7 Å². The molecule has 1 aliphatic heterocycles. The number of hydrogen-bond acceptors (Lipinski definition) is 5. The molecule has 2 aromatic carbocycles. The van der Waals surface area contributed by atoms with Gasteiger partial charge in [-0.3, -0.25) is 4.79 Å². The highest BCUT2D eigenvalue weighted by atomic mass is 32.1. The van der Waals surface area contributed by atoms with Crippen molar-refractivity contribution in [3.05, 3.63) is 53.6 Å². The summed E-state index contributed by atoms with van der Waals surface area (Å²) in [5.74, 6) is 0.463. The van der Waals surface area contributed by atoms with Gasteiger partial charge in [0.15, 0.2) is 5.13 Å². The smallest absolute Gasteiger partial charge is 0.416 e. The standard InChI is InChI=1S/C20H18F3N3O2S/c1-28-15-3-2-4-16-17(15)24-19(29-16)26-11-9-25(10-12-26)18(27)13-5-7-14(8-6-13)20(21,22)23/h2-8H,9-12H2,1H3. The van der Waals surface area contributed by atoms with Crippen molar-refractivity contribution in [1.82, 2.24) is 9.88 Å². The Labute approximate surface area is 169 Å². The first kappa shape index (κ1) is 19.5. The molecule has 5 nitrogen and oxygen atoms in total. The Kier molecular flexibility index (Phi) is 5.08. The molecule has 29 heavy (non-hydrogen) atoms. The second-order valence-electron chi connectivity index (χ2n) is 6.66. The van der Waals surface area contributed by atoms with Crippen LogP contribution in [0.2, 0.25) is 0 Å². The zero-order valence-electron chi connectivity index (χ0n) is 15.6. The van der Waals surface area contributed by atoms with Gasteiger partial charge in [0.25, 0.3) is 5.91 Å². The number of alkyl halides is 3. The lowest BCUT2D eigenvalue weighted by Gasteiger charge is -2.34. The van der Waals surface area contributed by atoms with Gasteiger partial charge in [-0.2, -0.15) is 13.2 Å². The first-order chi connectivity index (χ1) is 13.9. The van der Waals surface area contributed by atoms with Crippen LogP contribution in [0.3, 0.4) is 0 Å². The predicted octanol–water partition coefficient (Wildman–Crippen LogP) is 4.29. The fraction of sp³-hybridized carbons (Fsp3) is 0.300. The molecule has 0 bridgehead atoms. The Morgan fingerprint density at radius 1 is 1.07 bits per heavy atom. The van der Waals surface area contributed by atoms with Crippen LogP contribution in [0.4, 0.5) is 18.3 Å². The number of halogens is 3. The van der Waals surface area contributed by atoms with Gasteiger partial charge >= 0.3 is 6.18 Å². The van der Waals surface area contributed by atoms with Crippen LogP contribution in [-0.4, -0.2) is 49.1 Å². The summed E-state index contributed by atoms with van der Waals surface area (Å²) in [4.78, 5) is 21.1. The average molecular weight is 421 g/mol. The zero-order valence-corrected chi connectivity index (χ0v) is 16.4. The van der Waals surface area contributed by atoms with Crippen molar-refractivity contribution in [1.29, 1.82) is 0 Å². The van der Waals surface area contributed by atoms with Crippen LogP contribution >= 0.6 is 11.3 Å². The number of carbonyl (C=O) groups is 1. The van der Waals surface area contributed by atoms with Crippen LogP contribution in [0.25, 0.3) is 10.2 Å². The number of para-hydroxylation sites is 1. The molecule has 0 aliphatic carbocycles. The van der Waals surface area contributed by atoms with E-state index in [0.29, 0.717) is 26.2 Å². The van der Waals surface area contributed by atoms with E-state index in [1.54, 1.807) is 23.3 Å². The van der Waals surface area contributed by atoms with Crippen LogP contribution in [0, 0.1) is 0 Å². The molecule has 0 spiro atoms. The highest BCUT2D eigenvalue weighted by Crippen LogP contribution is 2.34. The van der Waals surface area contributed by atoms with Crippen LogP contribution in [0.15, 0.2) is 42.5 Å². The summed E-state index contributed by atoms with van der Waals surface area (Å²) in [5.41, 5.74) is 0.319. The van der Waals surface area contributed by atoms with E-state index in [1.807, 2.05) is 18.2 Å². The Balaban J connectivity index is 1.43. The quantitative estimate of drug-likeness (QED) is 0.633. The van der Waals surface area contributed by atoms with Crippen molar-refractivity contribution in [3.8, 4) is 5.75 Å². The lowest BCUT2D eigenvalue weighted by Crippen LogP contribution is -2.48. The summed E-state index contributed by atoms with van der Waals surface area (Å²) in [6.45, 7) is 2.17. The summed E-state index contributed by atoms with van der Waals surface area (Å²) in [6, 6.07) is 10.1. The van der Waals surface area contributed by atoms with Gasteiger partial charge in [-0.1, -0.05) is 17.4 Å². The normalized spacial score (nSPS) is 15.0. The summed E-state index contributed by atoms with van der Waals surface area (Å²) < 4.78 is 44.5. The Bertz CT molecular complexity index is 1030. The largest absolute Gasteiger partial charge is 0.494 e. The number of rotatable bonds is 3. The number of hydrogen-bond donors (Lipinski definition) is 0. The molecule has 4 rings (SSSR count). The van der Waals surface area contributed by atoms with E-state index in [4.69, 9.17) is 4.74 Å². The number of ether oxygens (including phenoxy) is 1. The average Bonchev–Trinajstić information content (AvgIpc) is 3.17. The minimum Gasteiger partial charge on any atom is -0.494 e. The predicted molar refractivity (Wildman–Crippen MR) is 106 cm³/mol. The molecule has 1 aromatic heterocycles. The maximum absolute atomic E-state index is 12.7. The van der Waals surface area contributed by atoms with Crippen molar-refractivity contribution in [2.45, 2.75) is 6.18 Å². The molecule has 0 radical (unpaired) electrons. The number of nitrogens with zero attached hydrogens (tertiary/aromatic N) is 3. The van der Waals surface area contributed by atoms with Crippen LogP contribution < -0.4 is 9.64 Å². The van der Waals surface area contributed by atoms with Crippen molar-refractivity contribution >= 4 is 32.6 Å². The molecule has 152 valence electrons. The topological polar surface area (TPSA) is 45.7 Å². The molecule has 3 aromatic rings. The van der Waals surface area contributed by atoms with Gasteiger partial charge in [0.05, 0.1) is 17.4 Å². The van der Waals surface area contributed by atoms with E-state index in [1.165, 1.54) is 12.1 Å². The number of piperazine rings is 1. The van der Waals surface area contributed by atoms with E-state index < -0.39 is 11.7 Å². The highest BCUT2D eigenvalue weighted by molar-refractivity contribution is 7.22. The number of fused-ring (bicyclic) bond motifs is 1.